The zero-order valence-corrected chi connectivity index (χ0v) is 6.82. The second-order valence-corrected chi connectivity index (χ2v) is 2.74. The van der Waals surface area contributed by atoms with Gasteiger partial charge in [0.1, 0.15) is 6.23 Å². The predicted molar refractivity (Wildman–Crippen MR) is 41.3 cm³/mol. The molecule has 0 amide bonds. The third-order valence-corrected chi connectivity index (χ3v) is 1.65. The number of aliphatic hydroxyl groups is 1. The van der Waals surface area contributed by atoms with Crippen LogP contribution in [-0.4, -0.2) is 18.9 Å². The summed E-state index contributed by atoms with van der Waals surface area (Å²) in [7, 11) is 0. The van der Waals surface area contributed by atoms with E-state index in [0.29, 0.717) is 5.56 Å². The number of nitrogens with zero attached hydrogens (tertiary/aromatic N) is 1. The Morgan fingerprint density at radius 1 is 1.58 bits per heavy atom. The summed E-state index contributed by atoms with van der Waals surface area (Å²) in [5, 5.41) is 9.16. The van der Waals surface area contributed by atoms with Crippen molar-refractivity contribution in [1.29, 1.82) is 0 Å². The lowest BCUT2D eigenvalue weighted by atomic mass is 10.2. The Kier molecular flexibility index (Phi) is 3.30. The summed E-state index contributed by atoms with van der Waals surface area (Å²) >= 11 is -2.47. The highest BCUT2D eigenvalue weighted by molar-refractivity contribution is 7.77. The summed E-state index contributed by atoms with van der Waals surface area (Å²) in [5.74, 6) is 0. The summed E-state index contributed by atoms with van der Waals surface area (Å²) in [5.41, 5.74) is 0.453. The topological polar surface area (TPSA) is 85.3 Å². The number of rotatable bonds is 3. The van der Waals surface area contributed by atoms with E-state index in [4.69, 9.17) is 5.11 Å². The van der Waals surface area contributed by atoms with Crippen molar-refractivity contribution < 1.29 is 13.9 Å². The number of pyridine rings is 1. The van der Waals surface area contributed by atoms with Crippen LogP contribution in [0, 0.1) is 0 Å². The fourth-order valence-corrected chi connectivity index (χ4v) is 1.02. The van der Waals surface area contributed by atoms with Crippen LogP contribution in [0.15, 0.2) is 24.5 Å². The van der Waals surface area contributed by atoms with Gasteiger partial charge in [0.15, 0.2) is 0 Å². The zero-order valence-electron chi connectivity index (χ0n) is 6.01. The molecule has 6 heteroatoms. The van der Waals surface area contributed by atoms with E-state index in [1.54, 1.807) is 0 Å². The molecular formula is C6H7N2O3S-. The van der Waals surface area contributed by atoms with Crippen LogP contribution in [0.25, 0.3) is 0 Å². The molecule has 1 aromatic rings. The Balaban J connectivity index is 2.65. The fourth-order valence-electron chi connectivity index (χ4n) is 0.705. The summed E-state index contributed by atoms with van der Waals surface area (Å²) in [6.45, 7) is 0. The summed E-state index contributed by atoms with van der Waals surface area (Å²) in [4.78, 5) is 3.71. The zero-order chi connectivity index (χ0) is 8.97. The normalized spacial score (nSPS) is 15.5. The Bertz CT molecular complexity index is 267. The minimum Gasteiger partial charge on any atom is -0.760 e. The van der Waals surface area contributed by atoms with Gasteiger partial charge in [0.05, 0.1) is 0 Å². The van der Waals surface area contributed by atoms with Gasteiger partial charge in [-0.2, -0.15) is 0 Å². The molecule has 0 aliphatic heterocycles. The lowest BCUT2D eigenvalue weighted by Crippen LogP contribution is -2.22. The lowest BCUT2D eigenvalue weighted by molar-refractivity contribution is 0.165. The maximum absolute atomic E-state index is 10.1. The van der Waals surface area contributed by atoms with Crippen molar-refractivity contribution in [1.82, 2.24) is 9.71 Å². The average molecular weight is 187 g/mol. The first-order chi connectivity index (χ1) is 5.70. The molecule has 1 aromatic heterocycles. The van der Waals surface area contributed by atoms with E-state index in [9.17, 15) is 8.76 Å². The molecule has 1 heterocycles. The largest absolute Gasteiger partial charge is 0.760 e. The predicted octanol–water partition coefficient (Wildman–Crippen LogP) is -0.544. The molecular weight excluding hydrogens is 180 g/mol. The van der Waals surface area contributed by atoms with Crippen molar-refractivity contribution in [2.45, 2.75) is 6.23 Å². The maximum Gasteiger partial charge on any atom is 0.141 e. The number of hydrogen-bond acceptors (Lipinski definition) is 4. The molecule has 0 radical (unpaired) electrons. The van der Waals surface area contributed by atoms with E-state index in [1.807, 2.05) is 4.72 Å². The van der Waals surface area contributed by atoms with Gasteiger partial charge in [-0.1, -0.05) is 0 Å². The van der Waals surface area contributed by atoms with Gasteiger partial charge in [-0.15, -0.1) is 0 Å². The third kappa shape index (κ3) is 2.67. The van der Waals surface area contributed by atoms with Gasteiger partial charge in [0.25, 0.3) is 0 Å². The molecule has 0 aromatic carbocycles. The molecule has 5 nitrogen and oxygen atoms in total. The highest BCUT2D eigenvalue weighted by atomic mass is 32.2. The minimum absolute atomic E-state index is 0.453. The van der Waals surface area contributed by atoms with Crippen molar-refractivity contribution in [3.63, 3.8) is 0 Å². The highest BCUT2D eigenvalue weighted by Crippen LogP contribution is 2.06. The minimum atomic E-state index is -2.47. The monoisotopic (exact) mass is 187 g/mol. The Hall–Kier alpha value is -0.820. The van der Waals surface area contributed by atoms with Crippen molar-refractivity contribution in [2.24, 2.45) is 0 Å². The molecule has 0 bridgehead atoms. The van der Waals surface area contributed by atoms with Crippen LogP contribution in [0.4, 0.5) is 0 Å². The van der Waals surface area contributed by atoms with Gasteiger partial charge >= 0.3 is 0 Å². The summed E-state index contributed by atoms with van der Waals surface area (Å²) in [6, 6.07) is 3.04. The van der Waals surface area contributed by atoms with Gasteiger partial charge in [-0.25, -0.2) is 4.72 Å². The number of hydrogen-bond donors (Lipinski definition) is 2. The van der Waals surface area contributed by atoms with Crippen molar-refractivity contribution >= 4 is 11.3 Å². The van der Waals surface area contributed by atoms with Gasteiger partial charge in [0, 0.05) is 23.7 Å². The van der Waals surface area contributed by atoms with Crippen LogP contribution in [0.5, 0.6) is 0 Å². The molecule has 0 aliphatic rings. The lowest BCUT2D eigenvalue weighted by Gasteiger charge is -2.13. The van der Waals surface area contributed by atoms with E-state index in [1.165, 1.54) is 24.5 Å². The van der Waals surface area contributed by atoms with Gasteiger partial charge in [0.2, 0.25) is 0 Å². The van der Waals surface area contributed by atoms with E-state index in [-0.39, 0.29) is 0 Å². The van der Waals surface area contributed by atoms with Gasteiger partial charge < -0.3 is 9.66 Å². The van der Waals surface area contributed by atoms with Crippen LogP contribution >= 0.6 is 0 Å². The average Bonchev–Trinajstić information content (AvgIpc) is 2.05. The van der Waals surface area contributed by atoms with Gasteiger partial charge in [-0.05, 0) is 17.7 Å². The standard InChI is InChI=1S/C6H8N2O3S/c9-6(8-12(10)11)5-1-3-7-4-2-5/h1-4,6,8-9H,(H,10,11)/p-1. The molecule has 2 atom stereocenters. The number of aromatic nitrogens is 1. The van der Waals surface area contributed by atoms with Crippen LogP contribution < -0.4 is 4.72 Å². The Morgan fingerprint density at radius 3 is 2.67 bits per heavy atom. The van der Waals surface area contributed by atoms with Crippen LogP contribution in [0.2, 0.25) is 0 Å². The molecule has 0 saturated carbocycles. The summed E-state index contributed by atoms with van der Waals surface area (Å²) in [6.07, 6.45) is 1.73. The van der Waals surface area contributed by atoms with E-state index < -0.39 is 17.5 Å². The Morgan fingerprint density at radius 2 is 2.17 bits per heavy atom. The first-order valence-corrected chi connectivity index (χ1v) is 4.21. The van der Waals surface area contributed by atoms with Crippen molar-refractivity contribution in [3.8, 4) is 0 Å². The van der Waals surface area contributed by atoms with Gasteiger partial charge in [-0.3, -0.25) is 9.19 Å². The molecule has 0 fully saturated rings. The second kappa shape index (κ2) is 4.27. The summed E-state index contributed by atoms with van der Waals surface area (Å²) < 4.78 is 22.1. The molecule has 1 rings (SSSR count). The maximum atomic E-state index is 10.1. The van der Waals surface area contributed by atoms with E-state index in [0.717, 1.165) is 0 Å². The molecule has 2 unspecified atom stereocenters. The molecule has 66 valence electrons. The van der Waals surface area contributed by atoms with Crippen LogP contribution in [0.3, 0.4) is 0 Å². The van der Waals surface area contributed by atoms with Crippen LogP contribution in [0.1, 0.15) is 11.8 Å². The number of aliphatic hydroxyl groups excluding tert-OH is 1. The van der Waals surface area contributed by atoms with E-state index >= 15 is 0 Å². The second-order valence-electron chi connectivity index (χ2n) is 2.04. The van der Waals surface area contributed by atoms with Crippen LogP contribution in [-0.2, 0) is 11.3 Å². The number of nitrogens with one attached hydrogen (secondary N) is 1. The van der Waals surface area contributed by atoms with Crippen molar-refractivity contribution in [2.75, 3.05) is 0 Å². The third-order valence-electron chi connectivity index (χ3n) is 1.23. The molecule has 0 aliphatic carbocycles. The molecule has 2 N–H and O–H groups in total. The first kappa shape index (κ1) is 9.27. The molecule has 0 saturated heterocycles. The quantitative estimate of drug-likeness (QED) is 0.491. The Labute approximate surface area is 71.9 Å². The van der Waals surface area contributed by atoms with Crippen molar-refractivity contribution in [3.05, 3.63) is 30.1 Å². The van der Waals surface area contributed by atoms with E-state index in [2.05, 4.69) is 4.98 Å². The molecule has 12 heavy (non-hydrogen) atoms. The SMILES string of the molecule is O=S([O-])NC(O)c1ccncc1. The molecule has 0 spiro atoms. The first-order valence-electron chi connectivity index (χ1n) is 3.13. The fraction of sp³-hybridized carbons (Fsp3) is 0.167. The smallest absolute Gasteiger partial charge is 0.141 e. The highest BCUT2D eigenvalue weighted by Gasteiger charge is 2.04.